The maximum Gasteiger partial charge on any atom is 0.343 e. The SMILES string of the molecule is O=C(COc1ccc([N+](=O)[O-])cc1)N/N=C/c1ccccc1OC(=O)c1ccc(Cl)cc1. The summed E-state index contributed by atoms with van der Waals surface area (Å²) < 4.78 is 10.7. The van der Waals surface area contributed by atoms with Gasteiger partial charge in [0, 0.05) is 22.7 Å². The van der Waals surface area contributed by atoms with Gasteiger partial charge >= 0.3 is 5.97 Å². The van der Waals surface area contributed by atoms with Gasteiger partial charge in [0.05, 0.1) is 16.7 Å². The van der Waals surface area contributed by atoms with Gasteiger partial charge in [-0.15, -0.1) is 0 Å². The van der Waals surface area contributed by atoms with Crippen molar-refractivity contribution in [1.29, 1.82) is 0 Å². The van der Waals surface area contributed by atoms with E-state index in [4.69, 9.17) is 21.1 Å². The van der Waals surface area contributed by atoms with Crippen LogP contribution in [-0.2, 0) is 4.79 Å². The largest absolute Gasteiger partial charge is 0.484 e. The number of para-hydroxylation sites is 1. The maximum atomic E-state index is 12.3. The predicted molar refractivity (Wildman–Crippen MR) is 117 cm³/mol. The van der Waals surface area contributed by atoms with Gasteiger partial charge in [-0.05, 0) is 48.5 Å². The van der Waals surface area contributed by atoms with E-state index in [1.54, 1.807) is 48.5 Å². The summed E-state index contributed by atoms with van der Waals surface area (Å²) in [5.41, 5.74) is 3.01. The Morgan fingerprint density at radius 2 is 1.72 bits per heavy atom. The lowest BCUT2D eigenvalue weighted by atomic mass is 10.2. The number of hydrogen-bond acceptors (Lipinski definition) is 7. The number of halogens is 1. The molecular weight excluding hydrogens is 438 g/mol. The second-order valence-corrected chi connectivity index (χ2v) is 6.70. The summed E-state index contributed by atoms with van der Waals surface area (Å²) in [5.74, 6) is -0.556. The first-order valence-corrected chi connectivity index (χ1v) is 9.56. The van der Waals surface area contributed by atoms with Crippen LogP contribution in [0.5, 0.6) is 11.5 Å². The normalized spacial score (nSPS) is 10.5. The number of ether oxygens (including phenoxy) is 2. The van der Waals surface area contributed by atoms with Crippen molar-refractivity contribution >= 4 is 35.4 Å². The summed E-state index contributed by atoms with van der Waals surface area (Å²) in [6.45, 7) is -0.345. The first-order chi connectivity index (χ1) is 15.4. The molecule has 0 heterocycles. The minimum atomic E-state index is -0.567. The van der Waals surface area contributed by atoms with Gasteiger partial charge in [0.2, 0.25) is 0 Å². The molecule has 162 valence electrons. The summed E-state index contributed by atoms with van der Waals surface area (Å²) in [4.78, 5) is 34.3. The molecule has 3 aromatic carbocycles. The maximum absolute atomic E-state index is 12.3. The van der Waals surface area contributed by atoms with Crippen LogP contribution in [0.3, 0.4) is 0 Å². The Balaban J connectivity index is 1.54. The second kappa shape index (κ2) is 10.7. The number of benzene rings is 3. The Morgan fingerprint density at radius 1 is 1.03 bits per heavy atom. The molecule has 0 bridgehead atoms. The molecule has 0 unspecified atom stereocenters. The molecule has 0 aromatic heterocycles. The van der Waals surface area contributed by atoms with Gasteiger partial charge in [-0.25, -0.2) is 10.2 Å². The number of nitro benzene ring substituents is 1. The number of carbonyl (C=O) groups is 2. The van der Waals surface area contributed by atoms with Crippen LogP contribution in [0.4, 0.5) is 5.69 Å². The van der Waals surface area contributed by atoms with E-state index in [0.717, 1.165) is 0 Å². The van der Waals surface area contributed by atoms with Crippen molar-refractivity contribution in [2.24, 2.45) is 5.10 Å². The first kappa shape index (κ1) is 22.4. The quantitative estimate of drug-likeness (QED) is 0.181. The lowest BCUT2D eigenvalue weighted by Gasteiger charge is -2.07. The van der Waals surface area contributed by atoms with E-state index >= 15 is 0 Å². The van der Waals surface area contributed by atoms with E-state index < -0.39 is 16.8 Å². The number of nitro groups is 1. The molecule has 1 N–H and O–H groups in total. The minimum absolute atomic E-state index is 0.0816. The smallest absolute Gasteiger partial charge is 0.343 e. The molecule has 0 saturated carbocycles. The van der Waals surface area contributed by atoms with Crippen molar-refractivity contribution in [2.45, 2.75) is 0 Å². The zero-order valence-electron chi connectivity index (χ0n) is 16.4. The molecule has 0 aliphatic rings. The fourth-order valence-electron chi connectivity index (χ4n) is 2.44. The predicted octanol–water partition coefficient (Wildman–Crippen LogP) is 4.00. The van der Waals surface area contributed by atoms with E-state index in [-0.39, 0.29) is 18.0 Å². The van der Waals surface area contributed by atoms with Crippen molar-refractivity contribution in [3.63, 3.8) is 0 Å². The van der Waals surface area contributed by atoms with Crippen LogP contribution < -0.4 is 14.9 Å². The fourth-order valence-corrected chi connectivity index (χ4v) is 2.57. The van der Waals surface area contributed by atoms with E-state index in [1.165, 1.54) is 30.5 Å². The average molecular weight is 454 g/mol. The molecule has 32 heavy (non-hydrogen) atoms. The Hall–Kier alpha value is -4.24. The highest BCUT2D eigenvalue weighted by Crippen LogP contribution is 2.19. The highest BCUT2D eigenvalue weighted by molar-refractivity contribution is 6.30. The topological polar surface area (TPSA) is 120 Å². The number of rotatable bonds is 8. The van der Waals surface area contributed by atoms with Crippen LogP contribution in [-0.4, -0.2) is 29.6 Å². The van der Waals surface area contributed by atoms with Crippen LogP contribution in [0.25, 0.3) is 0 Å². The van der Waals surface area contributed by atoms with Gasteiger partial charge in [-0.1, -0.05) is 23.7 Å². The number of esters is 1. The molecule has 10 heteroatoms. The van der Waals surface area contributed by atoms with Crippen LogP contribution in [0, 0.1) is 10.1 Å². The molecule has 0 aliphatic heterocycles. The minimum Gasteiger partial charge on any atom is -0.484 e. The van der Waals surface area contributed by atoms with Gasteiger partial charge in [0.1, 0.15) is 11.5 Å². The summed E-state index contributed by atoms with van der Waals surface area (Å²) in [6, 6.07) is 18.3. The second-order valence-electron chi connectivity index (χ2n) is 6.27. The molecule has 1 amide bonds. The highest BCUT2D eigenvalue weighted by Gasteiger charge is 2.11. The third-order valence-corrected chi connectivity index (χ3v) is 4.26. The average Bonchev–Trinajstić information content (AvgIpc) is 2.79. The summed E-state index contributed by atoms with van der Waals surface area (Å²) in [5, 5.41) is 15.0. The number of carbonyl (C=O) groups excluding carboxylic acids is 2. The lowest BCUT2D eigenvalue weighted by molar-refractivity contribution is -0.384. The van der Waals surface area contributed by atoms with E-state index in [1.807, 2.05) is 0 Å². The third kappa shape index (κ3) is 6.38. The molecule has 0 spiro atoms. The number of nitrogens with one attached hydrogen (secondary N) is 1. The molecular formula is C22H16ClN3O6. The lowest BCUT2D eigenvalue weighted by Crippen LogP contribution is -2.24. The Morgan fingerprint density at radius 3 is 2.41 bits per heavy atom. The zero-order valence-corrected chi connectivity index (χ0v) is 17.2. The molecule has 3 aromatic rings. The summed E-state index contributed by atoms with van der Waals surface area (Å²) >= 11 is 5.82. The molecule has 0 aliphatic carbocycles. The Kier molecular flexibility index (Phi) is 7.50. The van der Waals surface area contributed by atoms with E-state index in [9.17, 15) is 19.7 Å². The van der Waals surface area contributed by atoms with Gasteiger partial charge < -0.3 is 9.47 Å². The number of hydrazone groups is 1. The molecule has 0 saturated heterocycles. The number of nitrogens with zero attached hydrogens (tertiary/aromatic N) is 2. The van der Waals surface area contributed by atoms with Crippen LogP contribution in [0.15, 0.2) is 77.9 Å². The molecule has 0 radical (unpaired) electrons. The number of hydrogen-bond donors (Lipinski definition) is 1. The van der Waals surface area contributed by atoms with Gasteiger partial charge in [-0.3, -0.25) is 14.9 Å². The van der Waals surface area contributed by atoms with Crippen molar-refractivity contribution < 1.29 is 24.0 Å². The van der Waals surface area contributed by atoms with Crippen LogP contribution >= 0.6 is 11.6 Å². The Labute approximate surface area is 187 Å². The van der Waals surface area contributed by atoms with Crippen molar-refractivity contribution in [2.75, 3.05) is 6.61 Å². The molecule has 0 atom stereocenters. The Bertz CT molecular complexity index is 1150. The summed E-state index contributed by atoms with van der Waals surface area (Å²) in [7, 11) is 0. The fraction of sp³-hybridized carbons (Fsp3) is 0.0455. The first-order valence-electron chi connectivity index (χ1n) is 9.18. The van der Waals surface area contributed by atoms with Crippen LogP contribution in [0.2, 0.25) is 5.02 Å². The van der Waals surface area contributed by atoms with E-state index in [2.05, 4.69) is 10.5 Å². The molecule has 9 nitrogen and oxygen atoms in total. The van der Waals surface area contributed by atoms with Crippen molar-refractivity contribution in [3.05, 3.63) is 99.1 Å². The number of non-ortho nitro benzene ring substituents is 1. The monoisotopic (exact) mass is 453 g/mol. The number of amides is 1. The van der Waals surface area contributed by atoms with Gasteiger partial charge in [0.25, 0.3) is 11.6 Å². The molecule has 3 rings (SSSR count). The zero-order chi connectivity index (χ0) is 22.9. The van der Waals surface area contributed by atoms with E-state index in [0.29, 0.717) is 21.9 Å². The summed E-state index contributed by atoms with van der Waals surface area (Å²) in [6.07, 6.45) is 1.33. The highest BCUT2D eigenvalue weighted by atomic mass is 35.5. The third-order valence-electron chi connectivity index (χ3n) is 4.01. The van der Waals surface area contributed by atoms with Gasteiger partial charge in [-0.2, -0.15) is 5.10 Å². The van der Waals surface area contributed by atoms with Crippen LogP contribution in [0.1, 0.15) is 15.9 Å². The molecule has 0 fully saturated rings. The van der Waals surface area contributed by atoms with Gasteiger partial charge in [0.15, 0.2) is 6.61 Å². The van der Waals surface area contributed by atoms with Crippen molar-refractivity contribution in [3.8, 4) is 11.5 Å². The van der Waals surface area contributed by atoms with Crippen molar-refractivity contribution in [1.82, 2.24) is 5.43 Å². The standard InChI is InChI=1S/C22H16ClN3O6/c23-17-7-5-15(6-8-17)22(28)32-20-4-2-1-3-16(20)13-24-25-21(27)14-31-19-11-9-18(10-12-19)26(29)30/h1-13H,14H2,(H,25,27)/b24-13+.